The summed E-state index contributed by atoms with van der Waals surface area (Å²) in [6.07, 6.45) is 0. The molecule has 2 aromatic carbocycles. The molecule has 0 saturated heterocycles. The zero-order valence-electron chi connectivity index (χ0n) is 13.6. The Balaban J connectivity index is 2.04. The first-order valence-corrected chi connectivity index (χ1v) is 7.95. The van der Waals surface area contributed by atoms with Crippen LogP contribution in [0.25, 0.3) is 0 Å². The van der Waals surface area contributed by atoms with E-state index in [2.05, 4.69) is 6.07 Å². The molecule has 5 nitrogen and oxygen atoms in total. The Labute approximate surface area is 150 Å². The Morgan fingerprint density at radius 1 is 1.12 bits per heavy atom. The lowest BCUT2D eigenvalue weighted by molar-refractivity contribution is 0.368. The van der Waals surface area contributed by atoms with Gasteiger partial charge in [0.25, 0.3) is 0 Å². The lowest BCUT2D eigenvalue weighted by Crippen LogP contribution is -2.06. The number of nitriles is 1. The first-order valence-electron chi connectivity index (χ1n) is 7.57. The van der Waals surface area contributed by atoms with Crippen LogP contribution in [0.2, 0.25) is 5.02 Å². The Morgan fingerprint density at radius 2 is 1.80 bits per heavy atom. The summed E-state index contributed by atoms with van der Waals surface area (Å²) in [5, 5.41) is 10.0. The number of nitrogens with two attached hydrogens (primary N) is 1. The third kappa shape index (κ3) is 3.39. The number of nitrogen functional groups attached to an aromatic ring is 1. The highest BCUT2D eigenvalue weighted by atomic mass is 35.5. The van der Waals surface area contributed by atoms with Crippen molar-refractivity contribution in [3.05, 3.63) is 70.9 Å². The van der Waals surface area contributed by atoms with Crippen LogP contribution >= 0.6 is 11.6 Å². The van der Waals surface area contributed by atoms with Gasteiger partial charge in [-0.25, -0.2) is 0 Å². The maximum atomic E-state index is 9.43. The minimum atomic E-state index is 0.365. The summed E-state index contributed by atoms with van der Waals surface area (Å²) in [6, 6.07) is 18.4. The minimum Gasteiger partial charge on any atom is -0.493 e. The number of methoxy groups -OCH3 is 1. The molecular weight excluding hydrogens is 338 g/mol. The maximum absolute atomic E-state index is 9.43. The van der Waals surface area contributed by atoms with E-state index >= 15 is 0 Å². The molecular formula is C19H16ClN3O2. The summed E-state index contributed by atoms with van der Waals surface area (Å²) in [7, 11) is 1.56. The van der Waals surface area contributed by atoms with E-state index in [0.29, 0.717) is 40.3 Å². The van der Waals surface area contributed by atoms with E-state index in [9.17, 15) is 5.26 Å². The molecule has 0 spiro atoms. The van der Waals surface area contributed by atoms with Crippen molar-refractivity contribution in [3.8, 4) is 23.4 Å². The molecule has 0 aliphatic rings. The molecule has 2 N–H and O–H groups in total. The highest BCUT2D eigenvalue weighted by Crippen LogP contribution is 2.36. The SMILES string of the molecule is COc1ccccc1Oc1c(N)cc(C#N)n1Cc1ccccc1Cl. The van der Waals surface area contributed by atoms with E-state index < -0.39 is 0 Å². The third-order valence-electron chi connectivity index (χ3n) is 3.75. The number of ether oxygens (including phenoxy) is 2. The molecule has 0 amide bonds. The molecule has 6 heteroatoms. The number of nitrogens with zero attached hydrogens (tertiary/aromatic N) is 2. The van der Waals surface area contributed by atoms with Crippen molar-refractivity contribution in [1.29, 1.82) is 5.26 Å². The van der Waals surface area contributed by atoms with Crippen molar-refractivity contribution in [2.24, 2.45) is 0 Å². The number of para-hydroxylation sites is 2. The molecule has 0 radical (unpaired) electrons. The summed E-state index contributed by atoms with van der Waals surface area (Å²) in [5.74, 6) is 1.46. The molecule has 0 unspecified atom stereocenters. The maximum Gasteiger partial charge on any atom is 0.224 e. The Bertz CT molecular complexity index is 944. The Hall–Kier alpha value is -3.10. The first-order chi connectivity index (χ1) is 12.1. The summed E-state index contributed by atoms with van der Waals surface area (Å²) in [4.78, 5) is 0. The van der Waals surface area contributed by atoms with Crippen LogP contribution in [0.4, 0.5) is 5.69 Å². The first kappa shape index (κ1) is 16.7. The van der Waals surface area contributed by atoms with E-state index in [0.717, 1.165) is 5.56 Å². The molecule has 0 aliphatic heterocycles. The predicted molar refractivity (Wildman–Crippen MR) is 97.2 cm³/mol. The highest BCUT2D eigenvalue weighted by molar-refractivity contribution is 6.31. The smallest absolute Gasteiger partial charge is 0.224 e. The number of hydrogen-bond donors (Lipinski definition) is 1. The summed E-state index contributed by atoms with van der Waals surface area (Å²) in [6.45, 7) is 0.365. The van der Waals surface area contributed by atoms with Gasteiger partial charge in [-0.15, -0.1) is 0 Å². The van der Waals surface area contributed by atoms with Gasteiger partial charge in [0.2, 0.25) is 5.88 Å². The van der Waals surface area contributed by atoms with Crippen molar-refractivity contribution in [2.75, 3.05) is 12.8 Å². The van der Waals surface area contributed by atoms with Crippen LogP contribution in [0, 0.1) is 11.3 Å². The number of benzene rings is 2. The molecule has 1 aromatic heterocycles. The molecule has 3 rings (SSSR count). The molecule has 1 heterocycles. The average molecular weight is 354 g/mol. The second kappa shape index (κ2) is 7.20. The molecule has 126 valence electrons. The molecule has 0 aliphatic carbocycles. The van der Waals surface area contributed by atoms with E-state index in [1.807, 2.05) is 30.3 Å². The number of anilines is 1. The largest absolute Gasteiger partial charge is 0.493 e. The summed E-state index contributed by atoms with van der Waals surface area (Å²) >= 11 is 6.25. The van der Waals surface area contributed by atoms with Crippen molar-refractivity contribution in [3.63, 3.8) is 0 Å². The van der Waals surface area contributed by atoms with Crippen LogP contribution in [-0.4, -0.2) is 11.7 Å². The van der Waals surface area contributed by atoms with E-state index in [1.165, 1.54) is 0 Å². The second-order valence-electron chi connectivity index (χ2n) is 5.33. The quantitative estimate of drug-likeness (QED) is 0.735. The zero-order valence-corrected chi connectivity index (χ0v) is 14.3. The zero-order chi connectivity index (χ0) is 17.8. The van der Waals surface area contributed by atoms with Crippen molar-refractivity contribution in [2.45, 2.75) is 6.54 Å². The van der Waals surface area contributed by atoms with Crippen molar-refractivity contribution < 1.29 is 9.47 Å². The van der Waals surface area contributed by atoms with Crippen LogP contribution in [0.1, 0.15) is 11.3 Å². The van der Waals surface area contributed by atoms with Gasteiger partial charge in [0, 0.05) is 11.1 Å². The normalized spacial score (nSPS) is 10.3. The fourth-order valence-corrected chi connectivity index (χ4v) is 2.72. The summed E-state index contributed by atoms with van der Waals surface area (Å²) < 4.78 is 13.0. The minimum absolute atomic E-state index is 0.365. The van der Waals surface area contributed by atoms with Crippen LogP contribution in [0.5, 0.6) is 17.4 Å². The van der Waals surface area contributed by atoms with Gasteiger partial charge in [-0.05, 0) is 23.8 Å². The predicted octanol–water partition coefficient (Wildman–Crippen LogP) is 4.44. The third-order valence-corrected chi connectivity index (χ3v) is 4.12. The fraction of sp³-hybridized carbons (Fsp3) is 0.105. The Kier molecular flexibility index (Phi) is 4.82. The van der Waals surface area contributed by atoms with E-state index in [4.69, 9.17) is 26.8 Å². The molecule has 0 fully saturated rings. The molecule has 0 saturated carbocycles. The van der Waals surface area contributed by atoms with Gasteiger partial charge in [0.1, 0.15) is 11.8 Å². The summed E-state index contributed by atoms with van der Waals surface area (Å²) in [5.41, 5.74) is 7.70. The van der Waals surface area contributed by atoms with Crippen LogP contribution < -0.4 is 15.2 Å². The number of hydrogen-bond acceptors (Lipinski definition) is 4. The van der Waals surface area contributed by atoms with E-state index in [1.54, 1.807) is 35.9 Å². The van der Waals surface area contributed by atoms with Gasteiger partial charge < -0.3 is 15.2 Å². The number of rotatable bonds is 5. The molecule has 0 bridgehead atoms. The highest BCUT2D eigenvalue weighted by Gasteiger charge is 2.18. The van der Waals surface area contributed by atoms with Crippen LogP contribution in [0.15, 0.2) is 54.6 Å². The van der Waals surface area contributed by atoms with Crippen LogP contribution in [0.3, 0.4) is 0 Å². The van der Waals surface area contributed by atoms with Gasteiger partial charge in [-0.2, -0.15) is 5.26 Å². The Morgan fingerprint density at radius 3 is 2.48 bits per heavy atom. The van der Waals surface area contributed by atoms with E-state index in [-0.39, 0.29) is 0 Å². The van der Waals surface area contributed by atoms with Crippen LogP contribution in [-0.2, 0) is 6.54 Å². The van der Waals surface area contributed by atoms with Gasteiger partial charge in [0.15, 0.2) is 11.5 Å². The lowest BCUT2D eigenvalue weighted by Gasteiger charge is -2.15. The van der Waals surface area contributed by atoms with Gasteiger partial charge >= 0.3 is 0 Å². The average Bonchev–Trinajstić information content (AvgIpc) is 2.93. The molecule has 0 atom stereocenters. The monoisotopic (exact) mass is 353 g/mol. The van der Waals surface area contributed by atoms with Crippen molar-refractivity contribution >= 4 is 17.3 Å². The lowest BCUT2D eigenvalue weighted by atomic mass is 10.2. The molecule has 3 aromatic rings. The fourth-order valence-electron chi connectivity index (χ4n) is 2.52. The van der Waals surface area contributed by atoms with Gasteiger partial charge in [-0.1, -0.05) is 41.9 Å². The topological polar surface area (TPSA) is 73.2 Å². The van der Waals surface area contributed by atoms with Gasteiger partial charge in [-0.3, -0.25) is 4.57 Å². The van der Waals surface area contributed by atoms with Crippen molar-refractivity contribution in [1.82, 2.24) is 4.57 Å². The second-order valence-corrected chi connectivity index (χ2v) is 5.74. The number of aromatic nitrogens is 1. The van der Waals surface area contributed by atoms with Gasteiger partial charge in [0.05, 0.1) is 19.3 Å². The standard InChI is InChI=1S/C19H16ClN3O2/c1-24-17-8-4-5-9-18(17)25-19-16(22)10-14(11-21)23(19)12-13-6-2-3-7-15(13)20/h2-10H,12,22H2,1H3. The number of halogens is 1. The molecule has 25 heavy (non-hydrogen) atoms.